The van der Waals surface area contributed by atoms with Crippen LogP contribution in [0.2, 0.25) is 0 Å². The molecular weight excluding hydrogens is 578 g/mol. The van der Waals surface area contributed by atoms with Gasteiger partial charge in [-0.1, -0.05) is 24.3 Å². The van der Waals surface area contributed by atoms with Crippen LogP contribution >= 0.6 is 0 Å². The van der Waals surface area contributed by atoms with Gasteiger partial charge in [0.15, 0.2) is 5.65 Å². The molecule has 0 bridgehead atoms. The number of fused-ring (bicyclic) bond motifs is 2. The number of benzene rings is 2. The van der Waals surface area contributed by atoms with Crippen molar-refractivity contribution in [1.29, 1.82) is 0 Å². The lowest BCUT2D eigenvalue weighted by Crippen LogP contribution is -2.50. The zero-order valence-electron chi connectivity index (χ0n) is 27.1. The summed E-state index contributed by atoms with van der Waals surface area (Å²) in [4.78, 5) is 28.5. The van der Waals surface area contributed by atoms with Crippen molar-refractivity contribution < 1.29 is 14.3 Å². The van der Waals surface area contributed by atoms with Crippen LogP contribution in [0.4, 0.5) is 10.5 Å². The summed E-state index contributed by atoms with van der Waals surface area (Å²) in [5.41, 5.74) is 8.75. The molecule has 10 heteroatoms. The highest BCUT2D eigenvalue weighted by atomic mass is 16.6. The average Bonchev–Trinajstić information content (AvgIpc) is 3.46. The fraction of sp³-hybridized carbons (Fsp3) is 0.389. The Morgan fingerprint density at radius 1 is 0.891 bits per heavy atom. The number of morpholine rings is 1. The minimum Gasteiger partial charge on any atom is -0.444 e. The summed E-state index contributed by atoms with van der Waals surface area (Å²) in [6.45, 7) is 14.9. The molecule has 5 heterocycles. The third-order valence-corrected chi connectivity index (χ3v) is 8.75. The zero-order valence-corrected chi connectivity index (χ0v) is 27.1. The van der Waals surface area contributed by atoms with Gasteiger partial charge in [0.05, 0.1) is 36.3 Å². The van der Waals surface area contributed by atoms with E-state index in [1.807, 2.05) is 50.7 Å². The molecule has 1 amide bonds. The lowest BCUT2D eigenvalue weighted by atomic mass is 10.0. The number of carbonyl (C=O) groups excluding carboxylic acids is 1. The van der Waals surface area contributed by atoms with Gasteiger partial charge < -0.3 is 19.3 Å². The number of aryl methyl sites for hydroxylation is 1. The second-order valence-corrected chi connectivity index (χ2v) is 13.2. The van der Waals surface area contributed by atoms with E-state index in [0.29, 0.717) is 13.1 Å². The molecule has 46 heavy (non-hydrogen) atoms. The van der Waals surface area contributed by atoms with E-state index < -0.39 is 5.60 Å². The molecule has 2 aliphatic heterocycles. The van der Waals surface area contributed by atoms with Crippen molar-refractivity contribution in [3.05, 3.63) is 78.2 Å². The van der Waals surface area contributed by atoms with Crippen molar-refractivity contribution >= 4 is 28.3 Å². The van der Waals surface area contributed by atoms with Crippen LogP contribution < -0.4 is 4.90 Å². The first-order valence-electron chi connectivity index (χ1n) is 16.1. The molecule has 0 radical (unpaired) electrons. The average molecular weight is 620 g/mol. The highest BCUT2D eigenvalue weighted by molar-refractivity contribution is 5.94. The van der Waals surface area contributed by atoms with Crippen LogP contribution in [-0.4, -0.2) is 93.6 Å². The molecule has 10 nitrogen and oxygen atoms in total. The van der Waals surface area contributed by atoms with Crippen molar-refractivity contribution in [1.82, 2.24) is 29.4 Å². The van der Waals surface area contributed by atoms with Gasteiger partial charge in [0.25, 0.3) is 0 Å². The summed E-state index contributed by atoms with van der Waals surface area (Å²) in [5, 5.41) is 6.09. The fourth-order valence-corrected chi connectivity index (χ4v) is 6.34. The number of carbonyl (C=O) groups is 1. The summed E-state index contributed by atoms with van der Waals surface area (Å²) in [7, 11) is 0. The van der Waals surface area contributed by atoms with Gasteiger partial charge in [0.2, 0.25) is 0 Å². The van der Waals surface area contributed by atoms with E-state index in [4.69, 9.17) is 24.5 Å². The Kier molecular flexibility index (Phi) is 8.08. The number of hydrogen-bond donors (Lipinski definition) is 0. The smallest absolute Gasteiger partial charge is 0.410 e. The zero-order chi connectivity index (χ0) is 31.8. The normalized spacial score (nSPS) is 16.3. The van der Waals surface area contributed by atoms with E-state index in [1.54, 1.807) is 4.90 Å². The van der Waals surface area contributed by atoms with Crippen LogP contribution in [0.25, 0.3) is 38.9 Å². The number of amides is 1. The lowest BCUT2D eigenvalue weighted by Gasteiger charge is -2.36. The molecule has 238 valence electrons. The van der Waals surface area contributed by atoms with Gasteiger partial charge in [-0.05, 0) is 69.2 Å². The maximum absolute atomic E-state index is 12.5. The van der Waals surface area contributed by atoms with Crippen molar-refractivity contribution in [3.8, 4) is 22.4 Å². The van der Waals surface area contributed by atoms with Crippen LogP contribution in [0.5, 0.6) is 0 Å². The Bertz CT molecular complexity index is 1870. The number of hydrogen-bond acceptors (Lipinski definition) is 8. The number of imidazole rings is 1. The Morgan fingerprint density at radius 2 is 1.65 bits per heavy atom. The van der Waals surface area contributed by atoms with E-state index in [0.717, 1.165) is 96.3 Å². The van der Waals surface area contributed by atoms with Gasteiger partial charge in [-0.15, -0.1) is 0 Å². The molecule has 0 spiro atoms. The SMILES string of the molecule is Cc1nn2c(-c3ccnc4cc(CN5CCOCC5)ccc34)cnc2cc1-c1ccc(N2CCN(C(=O)OC(C)(C)C)CC2)cc1. The molecule has 0 aliphatic carbocycles. The molecule has 5 aromatic rings. The monoisotopic (exact) mass is 619 g/mol. The van der Waals surface area contributed by atoms with Gasteiger partial charge in [0, 0.05) is 74.2 Å². The summed E-state index contributed by atoms with van der Waals surface area (Å²) in [5.74, 6) is 0. The molecule has 7 rings (SSSR count). The third kappa shape index (κ3) is 6.27. The second kappa shape index (κ2) is 12.3. The molecule has 0 saturated carbocycles. The maximum Gasteiger partial charge on any atom is 0.410 e. The molecule has 0 N–H and O–H groups in total. The summed E-state index contributed by atoms with van der Waals surface area (Å²) >= 11 is 0. The minimum absolute atomic E-state index is 0.242. The van der Waals surface area contributed by atoms with Gasteiger partial charge in [-0.25, -0.2) is 14.3 Å². The molecule has 2 aliphatic rings. The Hall–Kier alpha value is -4.54. The molecule has 2 aromatic carbocycles. The van der Waals surface area contributed by atoms with E-state index in [9.17, 15) is 4.79 Å². The number of nitrogens with zero attached hydrogens (tertiary/aromatic N) is 7. The number of piperazine rings is 1. The number of ether oxygens (including phenoxy) is 2. The van der Waals surface area contributed by atoms with Crippen LogP contribution in [0, 0.1) is 6.92 Å². The molecule has 0 unspecified atom stereocenters. The van der Waals surface area contributed by atoms with Crippen LogP contribution in [0.3, 0.4) is 0 Å². The fourth-order valence-electron chi connectivity index (χ4n) is 6.34. The topological polar surface area (TPSA) is 88.3 Å². The van der Waals surface area contributed by atoms with Crippen LogP contribution in [0.15, 0.2) is 67.0 Å². The first-order chi connectivity index (χ1) is 22.2. The van der Waals surface area contributed by atoms with Crippen LogP contribution in [0.1, 0.15) is 32.0 Å². The van der Waals surface area contributed by atoms with Crippen molar-refractivity contribution in [2.75, 3.05) is 57.4 Å². The van der Waals surface area contributed by atoms with Crippen molar-refractivity contribution in [3.63, 3.8) is 0 Å². The van der Waals surface area contributed by atoms with Crippen LogP contribution in [-0.2, 0) is 16.0 Å². The molecule has 2 fully saturated rings. The first-order valence-corrected chi connectivity index (χ1v) is 16.1. The third-order valence-electron chi connectivity index (χ3n) is 8.75. The number of anilines is 1. The maximum atomic E-state index is 12.5. The van der Waals surface area contributed by atoms with Gasteiger partial charge in [-0.2, -0.15) is 5.10 Å². The number of rotatable bonds is 5. The predicted molar refractivity (Wildman–Crippen MR) is 180 cm³/mol. The molecule has 0 atom stereocenters. The highest BCUT2D eigenvalue weighted by Gasteiger charge is 2.26. The van der Waals surface area contributed by atoms with Gasteiger partial charge >= 0.3 is 6.09 Å². The quantitative estimate of drug-likeness (QED) is 0.244. The lowest BCUT2D eigenvalue weighted by molar-refractivity contribution is 0.0240. The first kappa shape index (κ1) is 30.1. The van der Waals surface area contributed by atoms with E-state index in [1.165, 1.54) is 5.56 Å². The molecule has 2 saturated heterocycles. The predicted octanol–water partition coefficient (Wildman–Crippen LogP) is 5.81. The Labute approximate surface area is 269 Å². The largest absolute Gasteiger partial charge is 0.444 e. The van der Waals surface area contributed by atoms with Gasteiger partial charge in [-0.3, -0.25) is 9.88 Å². The Morgan fingerprint density at radius 3 is 2.39 bits per heavy atom. The molecular formula is C36H41N7O3. The van der Waals surface area contributed by atoms with E-state index in [2.05, 4.69) is 58.3 Å². The van der Waals surface area contributed by atoms with Gasteiger partial charge in [0.1, 0.15) is 5.60 Å². The number of aromatic nitrogens is 4. The number of pyridine rings is 1. The second-order valence-electron chi connectivity index (χ2n) is 13.2. The summed E-state index contributed by atoms with van der Waals surface area (Å²) in [6.07, 6.45) is 3.53. The summed E-state index contributed by atoms with van der Waals surface area (Å²) < 4.78 is 13.0. The highest BCUT2D eigenvalue weighted by Crippen LogP contribution is 2.31. The van der Waals surface area contributed by atoms with E-state index in [-0.39, 0.29) is 6.09 Å². The summed E-state index contributed by atoms with van der Waals surface area (Å²) in [6, 6.07) is 19.3. The molecule has 3 aromatic heterocycles. The van der Waals surface area contributed by atoms with E-state index >= 15 is 0 Å². The minimum atomic E-state index is -0.487. The standard InChI is InChI=1S/C36H41N7O3/c1-25-31(27-6-8-28(9-7-27)41-13-15-42(16-14-41)35(44)46-36(2,3)4)22-34-38-23-33(43(34)39-25)30-11-12-37-32-21-26(5-10-29(30)32)24-40-17-19-45-20-18-40/h5-12,21-23H,13-20,24H2,1-4H3. The Balaban J connectivity index is 1.09. The van der Waals surface area contributed by atoms with Crippen molar-refractivity contribution in [2.45, 2.75) is 39.8 Å². The van der Waals surface area contributed by atoms with Crippen molar-refractivity contribution in [2.24, 2.45) is 0 Å².